The number of fused-ring (bicyclic) bond motifs is 1. The summed E-state index contributed by atoms with van der Waals surface area (Å²) in [6, 6.07) is 3.82. The fourth-order valence-corrected chi connectivity index (χ4v) is 3.47. The largest absolute Gasteiger partial charge is 0.489 e. The fourth-order valence-electron chi connectivity index (χ4n) is 3.47. The van der Waals surface area contributed by atoms with Crippen LogP contribution < -0.4 is 15.0 Å². The fraction of sp³-hybridized carbons (Fsp3) is 0.524. The maximum absolute atomic E-state index is 12.9. The highest BCUT2D eigenvalue weighted by Crippen LogP contribution is 2.32. The molecule has 11 heteroatoms. The van der Waals surface area contributed by atoms with E-state index in [1.807, 2.05) is 0 Å². The Morgan fingerprint density at radius 2 is 1.75 bits per heavy atom. The van der Waals surface area contributed by atoms with Gasteiger partial charge in [0.15, 0.2) is 0 Å². The van der Waals surface area contributed by atoms with Gasteiger partial charge in [0.1, 0.15) is 24.0 Å². The van der Waals surface area contributed by atoms with Crippen LogP contribution in [0, 0.1) is 0 Å². The summed E-state index contributed by atoms with van der Waals surface area (Å²) in [4.78, 5) is 53.2. The molecule has 4 amide bonds. The van der Waals surface area contributed by atoms with E-state index in [1.54, 1.807) is 50.9 Å². The number of ether oxygens (including phenoxy) is 2. The van der Waals surface area contributed by atoms with Gasteiger partial charge in [-0.15, -0.1) is 0 Å². The van der Waals surface area contributed by atoms with Gasteiger partial charge in [-0.05, 0) is 39.0 Å². The Labute approximate surface area is 185 Å². The summed E-state index contributed by atoms with van der Waals surface area (Å²) in [7, 11) is 1.54. The highest BCUT2D eigenvalue weighted by Gasteiger charge is 2.33. The summed E-state index contributed by atoms with van der Waals surface area (Å²) < 4.78 is 10.9. The summed E-state index contributed by atoms with van der Waals surface area (Å²) >= 11 is 0. The molecule has 2 aliphatic heterocycles. The van der Waals surface area contributed by atoms with Gasteiger partial charge in [0.25, 0.3) is 11.8 Å². The van der Waals surface area contributed by atoms with Crippen molar-refractivity contribution in [1.29, 1.82) is 0 Å². The van der Waals surface area contributed by atoms with Gasteiger partial charge in [0, 0.05) is 38.8 Å². The quantitative estimate of drug-likeness (QED) is 0.699. The summed E-state index contributed by atoms with van der Waals surface area (Å²) in [6.07, 6.45) is -1.73. The zero-order chi connectivity index (χ0) is 23.6. The average Bonchev–Trinajstić information content (AvgIpc) is 2.84. The molecule has 2 heterocycles. The minimum Gasteiger partial charge on any atom is -0.489 e. The van der Waals surface area contributed by atoms with Crippen LogP contribution >= 0.6 is 0 Å². The van der Waals surface area contributed by atoms with Gasteiger partial charge in [-0.1, -0.05) is 0 Å². The Kier molecular flexibility index (Phi) is 6.47. The van der Waals surface area contributed by atoms with E-state index in [9.17, 15) is 19.2 Å². The normalized spacial score (nSPS) is 18.9. The molecule has 0 aromatic heterocycles. The monoisotopic (exact) mass is 448 g/mol. The van der Waals surface area contributed by atoms with Crippen LogP contribution in [0.2, 0.25) is 0 Å². The van der Waals surface area contributed by atoms with Crippen LogP contribution in [0.15, 0.2) is 18.2 Å². The highest BCUT2D eigenvalue weighted by atomic mass is 16.6. The molecule has 2 aliphatic rings. The molecule has 2 N–H and O–H groups in total. The van der Waals surface area contributed by atoms with Crippen molar-refractivity contribution in [3.8, 4) is 5.75 Å². The summed E-state index contributed by atoms with van der Waals surface area (Å²) in [5.41, 5.74) is 0.0477. The van der Waals surface area contributed by atoms with E-state index in [2.05, 4.69) is 5.32 Å². The summed E-state index contributed by atoms with van der Waals surface area (Å²) in [6.45, 7) is 6.14. The van der Waals surface area contributed by atoms with Gasteiger partial charge in [0.05, 0.1) is 5.69 Å². The first-order valence-electron chi connectivity index (χ1n) is 10.3. The van der Waals surface area contributed by atoms with E-state index >= 15 is 0 Å². The number of likely N-dealkylation sites (N-methyl/N-ethyl adjacent to an activating group) is 1. The van der Waals surface area contributed by atoms with Crippen LogP contribution in [0.3, 0.4) is 0 Å². The number of nitrogens with zero attached hydrogens (tertiary/aromatic N) is 3. The number of hydrogen-bond acceptors (Lipinski definition) is 6. The number of alkyl carbamates (subject to hydrolysis) is 1. The number of nitrogens with one attached hydrogen (secondary N) is 1. The first kappa shape index (κ1) is 23.2. The van der Waals surface area contributed by atoms with E-state index < -0.39 is 29.7 Å². The van der Waals surface area contributed by atoms with Crippen molar-refractivity contribution in [3.05, 3.63) is 23.8 Å². The molecule has 1 aromatic rings. The molecule has 0 spiro atoms. The number of hydrogen-bond donors (Lipinski definition) is 2. The lowest BCUT2D eigenvalue weighted by Gasteiger charge is -2.33. The Morgan fingerprint density at radius 3 is 2.34 bits per heavy atom. The lowest BCUT2D eigenvalue weighted by Crippen LogP contribution is -2.50. The second-order valence-electron chi connectivity index (χ2n) is 8.65. The number of carbonyl (C=O) groups excluding carboxylic acids is 3. The van der Waals surface area contributed by atoms with Crippen LogP contribution in [0.5, 0.6) is 5.75 Å². The first-order chi connectivity index (χ1) is 15.0. The number of piperazine rings is 1. The van der Waals surface area contributed by atoms with Gasteiger partial charge >= 0.3 is 12.2 Å². The summed E-state index contributed by atoms with van der Waals surface area (Å²) in [5.74, 6) is -0.262. The Balaban J connectivity index is 1.72. The van der Waals surface area contributed by atoms with Crippen LogP contribution in [-0.2, 0) is 9.53 Å². The molecule has 0 saturated carbocycles. The zero-order valence-electron chi connectivity index (χ0n) is 18.6. The van der Waals surface area contributed by atoms with E-state index in [4.69, 9.17) is 14.6 Å². The second-order valence-corrected chi connectivity index (χ2v) is 8.65. The van der Waals surface area contributed by atoms with Crippen molar-refractivity contribution in [1.82, 2.24) is 15.1 Å². The standard InChI is InChI=1S/C21H28N4O7/c1-21(2,3)32-19(28)22-14-12-31-16-6-5-13(11-15(16)23(4)18(14)27)17(26)24-7-9-25(10-8-24)20(29)30/h5-6,11,14H,7-10,12H2,1-4H3,(H,22,28)(H,29,30)/t14-/m0/s1. The van der Waals surface area contributed by atoms with Gasteiger partial charge in [0.2, 0.25) is 0 Å². The van der Waals surface area contributed by atoms with Crippen molar-refractivity contribution in [2.45, 2.75) is 32.4 Å². The molecule has 3 rings (SSSR count). The average molecular weight is 448 g/mol. The van der Waals surface area contributed by atoms with Gasteiger partial charge in [-0.25, -0.2) is 9.59 Å². The predicted molar refractivity (Wildman–Crippen MR) is 114 cm³/mol. The van der Waals surface area contributed by atoms with Crippen molar-refractivity contribution < 1.29 is 33.8 Å². The third-order valence-electron chi connectivity index (χ3n) is 5.13. The Hall–Kier alpha value is -3.50. The van der Waals surface area contributed by atoms with Gasteiger partial charge in [-0.2, -0.15) is 0 Å². The minimum absolute atomic E-state index is 0.0835. The number of carboxylic acid groups (broad SMARTS) is 1. The third-order valence-corrected chi connectivity index (χ3v) is 5.13. The number of benzene rings is 1. The van der Waals surface area contributed by atoms with Crippen LogP contribution in [-0.4, -0.2) is 90.4 Å². The molecule has 11 nitrogen and oxygen atoms in total. The molecular formula is C21H28N4O7. The van der Waals surface area contributed by atoms with E-state index in [1.165, 1.54) is 9.80 Å². The lowest BCUT2D eigenvalue weighted by atomic mass is 10.1. The summed E-state index contributed by atoms with van der Waals surface area (Å²) in [5, 5.41) is 11.6. The van der Waals surface area contributed by atoms with Crippen LogP contribution in [0.4, 0.5) is 15.3 Å². The Morgan fingerprint density at radius 1 is 1.12 bits per heavy atom. The van der Waals surface area contributed by atoms with Crippen molar-refractivity contribution >= 4 is 29.7 Å². The maximum Gasteiger partial charge on any atom is 0.408 e. The number of amides is 4. The van der Waals surface area contributed by atoms with Crippen molar-refractivity contribution in [2.24, 2.45) is 0 Å². The number of carbonyl (C=O) groups is 4. The molecule has 0 unspecified atom stereocenters. The predicted octanol–water partition coefficient (Wildman–Crippen LogP) is 1.37. The van der Waals surface area contributed by atoms with Crippen LogP contribution in [0.1, 0.15) is 31.1 Å². The molecule has 1 atom stereocenters. The zero-order valence-corrected chi connectivity index (χ0v) is 18.6. The first-order valence-corrected chi connectivity index (χ1v) is 10.3. The van der Waals surface area contributed by atoms with E-state index in [0.29, 0.717) is 17.0 Å². The number of anilines is 1. The van der Waals surface area contributed by atoms with Gasteiger partial charge in [-0.3, -0.25) is 9.59 Å². The number of rotatable bonds is 2. The molecule has 174 valence electrons. The lowest BCUT2D eigenvalue weighted by molar-refractivity contribution is -0.120. The Bertz CT molecular complexity index is 919. The van der Waals surface area contributed by atoms with Crippen LogP contribution in [0.25, 0.3) is 0 Å². The molecule has 0 radical (unpaired) electrons. The van der Waals surface area contributed by atoms with E-state index in [-0.39, 0.29) is 38.7 Å². The molecule has 32 heavy (non-hydrogen) atoms. The van der Waals surface area contributed by atoms with Crippen molar-refractivity contribution in [3.63, 3.8) is 0 Å². The smallest absolute Gasteiger partial charge is 0.408 e. The molecule has 0 bridgehead atoms. The molecule has 1 fully saturated rings. The van der Waals surface area contributed by atoms with Gasteiger partial charge < -0.3 is 34.6 Å². The highest BCUT2D eigenvalue weighted by molar-refractivity contribution is 6.02. The molecule has 0 aliphatic carbocycles. The molecule has 1 saturated heterocycles. The van der Waals surface area contributed by atoms with Crippen molar-refractivity contribution in [2.75, 3.05) is 44.7 Å². The maximum atomic E-state index is 12.9. The molecular weight excluding hydrogens is 420 g/mol. The van der Waals surface area contributed by atoms with E-state index in [0.717, 1.165) is 0 Å². The topological polar surface area (TPSA) is 129 Å². The molecule has 1 aromatic carbocycles. The third kappa shape index (κ3) is 5.21. The minimum atomic E-state index is -1.01. The SMILES string of the molecule is CN1C(=O)[C@@H](NC(=O)OC(C)(C)C)COc2ccc(C(=O)N3CCN(C(=O)O)CC3)cc21. The second kappa shape index (κ2) is 8.93.